The molecule has 0 aliphatic heterocycles. The van der Waals surface area contributed by atoms with Crippen molar-refractivity contribution >= 4 is 22.4 Å². The number of carboxylic acid groups (broad SMARTS) is 1. The molecule has 0 saturated heterocycles. The lowest BCUT2D eigenvalue weighted by atomic mass is 10.0. The maximum atomic E-state index is 10.6. The Labute approximate surface area is 108 Å². The van der Waals surface area contributed by atoms with Crippen LogP contribution >= 0.6 is 11.3 Å². The van der Waals surface area contributed by atoms with Crippen LogP contribution in [0.1, 0.15) is 17.7 Å². The summed E-state index contributed by atoms with van der Waals surface area (Å²) in [5, 5.41) is 22.2. The number of allylic oxidation sites excluding steroid dienone is 1. The Morgan fingerprint density at radius 1 is 1.50 bits per heavy atom. The zero-order valence-corrected chi connectivity index (χ0v) is 10.5. The number of anilines is 1. The number of fused-ring (bicyclic) bond motifs is 2. The minimum atomic E-state index is -0.955. The summed E-state index contributed by atoms with van der Waals surface area (Å²) in [5.74, 6) is 0.0930. The molecule has 1 heterocycles. The first-order valence-corrected chi connectivity index (χ1v) is 6.79. The van der Waals surface area contributed by atoms with Gasteiger partial charge in [0.05, 0.1) is 11.3 Å². The second-order valence-corrected chi connectivity index (χ2v) is 5.95. The number of carbonyl (C=O) groups is 1. The van der Waals surface area contributed by atoms with E-state index in [1.165, 1.54) is 17.8 Å². The molecule has 18 heavy (non-hydrogen) atoms. The molecule has 1 fully saturated rings. The van der Waals surface area contributed by atoms with Gasteiger partial charge in [-0.05, 0) is 24.7 Å². The van der Waals surface area contributed by atoms with Crippen LogP contribution < -0.4 is 5.32 Å². The maximum absolute atomic E-state index is 10.6. The lowest BCUT2D eigenvalue weighted by Gasteiger charge is -2.18. The van der Waals surface area contributed by atoms with Gasteiger partial charge >= 0.3 is 5.97 Å². The molecule has 1 saturated carbocycles. The van der Waals surface area contributed by atoms with Crippen molar-refractivity contribution < 1.29 is 15.0 Å². The summed E-state index contributed by atoms with van der Waals surface area (Å²) in [4.78, 5) is 15.0. The summed E-state index contributed by atoms with van der Waals surface area (Å²) in [5.41, 5.74) is 0. The van der Waals surface area contributed by atoms with Crippen LogP contribution in [0.2, 0.25) is 0 Å². The third-order valence-corrected chi connectivity index (χ3v) is 4.55. The average molecular weight is 266 g/mol. The van der Waals surface area contributed by atoms with E-state index in [1.54, 1.807) is 0 Å². The average Bonchev–Trinajstić information content (AvgIpc) is 2.95. The predicted molar refractivity (Wildman–Crippen MR) is 67.9 cm³/mol. The molecule has 0 aromatic carbocycles. The molecule has 0 spiro atoms. The number of hydrogen-bond acceptors (Lipinski definition) is 5. The largest absolute Gasteiger partial charge is 0.492 e. The van der Waals surface area contributed by atoms with E-state index in [9.17, 15) is 9.90 Å². The highest BCUT2D eigenvalue weighted by molar-refractivity contribution is 7.16. The van der Waals surface area contributed by atoms with Crippen molar-refractivity contribution in [1.29, 1.82) is 0 Å². The zero-order chi connectivity index (χ0) is 12.7. The highest BCUT2D eigenvalue weighted by Gasteiger charge is 2.36. The minimum absolute atomic E-state index is 0.163. The first kappa shape index (κ1) is 11.5. The fourth-order valence-electron chi connectivity index (χ4n) is 2.76. The lowest BCUT2D eigenvalue weighted by molar-refractivity contribution is -0.136. The van der Waals surface area contributed by atoms with Gasteiger partial charge in [-0.25, -0.2) is 0 Å². The van der Waals surface area contributed by atoms with Crippen LogP contribution in [-0.4, -0.2) is 27.2 Å². The summed E-state index contributed by atoms with van der Waals surface area (Å²) >= 11 is 1.22. The van der Waals surface area contributed by atoms with Crippen molar-refractivity contribution in [2.45, 2.75) is 25.3 Å². The number of aromatic nitrogens is 1. The Bertz CT molecular complexity index is 511. The smallest absolute Gasteiger partial charge is 0.308 e. The van der Waals surface area contributed by atoms with Gasteiger partial charge in [-0.1, -0.05) is 23.5 Å². The van der Waals surface area contributed by atoms with Gasteiger partial charge in [-0.2, -0.15) is 4.98 Å². The Kier molecular flexibility index (Phi) is 2.74. The van der Waals surface area contributed by atoms with Crippen molar-refractivity contribution in [3.05, 3.63) is 17.0 Å². The topological polar surface area (TPSA) is 82.5 Å². The van der Waals surface area contributed by atoms with E-state index in [1.807, 2.05) is 0 Å². The Hall–Kier alpha value is -1.56. The molecular formula is C12H14N2O3S. The van der Waals surface area contributed by atoms with Crippen LogP contribution in [0.25, 0.3) is 0 Å². The van der Waals surface area contributed by atoms with Crippen LogP contribution in [0, 0.1) is 11.8 Å². The third-order valence-electron chi connectivity index (χ3n) is 3.58. The number of carboxylic acids is 1. The Morgan fingerprint density at radius 2 is 2.33 bits per heavy atom. The Balaban J connectivity index is 1.70. The van der Waals surface area contributed by atoms with Crippen molar-refractivity contribution in [1.82, 2.24) is 4.98 Å². The third kappa shape index (κ3) is 2.08. The quantitative estimate of drug-likeness (QED) is 0.724. The van der Waals surface area contributed by atoms with E-state index in [0.29, 0.717) is 27.9 Å². The van der Waals surface area contributed by atoms with Gasteiger partial charge in [-0.15, -0.1) is 0 Å². The monoisotopic (exact) mass is 266 g/mol. The number of thiazole rings is 1. The van der Waals surface area contributed by atoms with Gasteiger partial charge in [-0.3, -0.25) is 4.79 Å². The molecule has 5 nitrogen and oxygen atoms in total. The van der Waals surface area contributed by atoms with E-state index in [-0.39, 0.29) is 12.3 Å². The molecule has 1 aromatic rings. The van der Waals surface area contributed by atoms with Gasteiger partial charge in [0.25, 0.3) is 0 Å². The van der Waals surface area contributed by atoms with E-state index >= 15 is 0 Å². The fraction of sp³-hybridized carbons (Fsp3) is 0.500. The highest BCUT2D eigenvalue weighted by Crippen LogP contribution is 2.41. The number of rotatable bonds is 4. The molecular weight excluding hydrogens is 252 g/mol. The molecule has 2 aliphatic rings. The second kappa shape index (κ2) is 4.28. The van der Waals surface area contributed by atoms with Crippen molar-refractivity contribution in [3.63, 3.8) is 0 Å². The van der Waals surface area contributed by atoms with E-state index in [4.69, 9.17) is 5.11 Å². The standard InChI is InChI=1S/C12H14N2O3S/c15-10(16)5-9-11(17)14-12(18-9)13-8-4-6-1-2-7(8)3-6/h1-2,6-8,17H,3-5H2,(H,13,14)(H,15,16). The van der Waals surface area contributed by atoms with E-state index < -0.39 is 5.97 Å². The molecule has 6 heteroatoms. The molecule has 3 unspecified atom stereocenters. The van der Waals surface area contributed by atoms with Crippen molar-refractivity contribution in [2.75, 3.05) is 5.32 Å². The molecule has 3 rings (SSSR count). The molecule has 0 amide bonds. The summed E-state index contributed by atoms with van der Waals surface area (Å²) in [6, 6.07) is 0.364. The molecule has 3 atom stereocenters. The van der Waals surface area contributed by atoms with Crippen LogP contribution in [0.5, 0.6) is 5.88 Å². The van der Waals surface area contributed by atoms with Gasteiger partial charge < -0.3 is 15.5 Å². The number of nitrogens with one attached hydrogen (secondary N) is 1. The van der Waals surface area contributed by atoms with Crippen molar-refractivity contribution in [3.8, 4) is 5.88 Å². The number of aliphatic carboxylic acids is 1. The SMILES string of the molecule is O=C(O)Cc1sc(NC2CC3C=CC2C3)nc1O. The number of nitrogens with zero attached hydrogens (tertiary/aromatic N) is 1. The van der Waals surface area contributed by atoms with Gasteiger partial charge in [0.2, 0.25) is 5.88 Å². The van der Waals surface area contributed by atoms with Crippen LogP contribution in [0.15, 0.2) is 12.2 Å². The predicted octanol–water partition coefficient (Wildman–Crippen LogP) is 1.85. The zero-order valence-electron chi connectivity index (χ0n) is 9.67. The molecule has 0 radical (unpaired) electrons. The van der Waals surface area contributed by atoms with Crippen LogP contribution in [0.4, 0.5) is 5.13 Å². The molecule has 3 N–H and O–H groups in total. The second-order valence-electron chi connectivity index (χ2n) is 4.87. The summed E-state index contributed by atoms with van der Waals surface area (Å²) < 4.78 is 0. The fourth-order valence-corrected chi connectivity index (χ4v) is 3.67. The van der Waals surface area contributed by atoms with Gasteiger partial charge in [0.15, 0.2) is 5.13 Å². The summed E-state index contributed by atoms with van der Waals surface area (Å²) in [6.07, 6.45) is 6.60. The molecule has 2 aliphatic carbocycles. The molecule has 2 bridgehead atoms. The first-order chi connectivity index (χ1) is 8.61. The minimum Gasteiger partial charge on any atom is -0.492 e. The maximum Gasteiger partial charge on any atom is 0.308 e. The van der Waals surface area contributed by atoms with Crippen LogP contribution in [-0.2, 0) is 11.2 Å². The molecule has 1 aromatic heterocycles. The highest BCUT2D eigenvalue weighted by atomic mass is 32.1. The van der Waals surface area contributed by atoms with Crippen LogP contribution in [0.3, 0.4) is 0 Å². The lowest BCUT2D eigenvalue weighted by Crippen LogP contribution is -2.23. The summed E-state index contributed by atoms with van der Waals surface area (Å²) in [7, 11) is 0. The van der Waals surface area contributed by atoms with E-state index in [0.717, 1.165) is 6.42 Å². The van der Waals surface area contributed by atoms with E-state index in [2.05, 4.69) is 22.5 Å². The first-order valence-electron chi connectivity index (χ1n) is 5.97. The summed E-state index contributed by atoms with van der Waals surface area (Å²) in [6.45, 7) is 0. The number of hydrogen-bond donors (Lipinski definition) is 3. The van der Waals surface area contributed by atoms with Crippen molar-refractivity contribution in [2.24, 2.45) is 11.8 Å². The van der Waals surface area contributed by atoms with Gasteiger partial charge in [0.1, 0.15) is 0 Å². The molecule has 96 valence electrons. The normalized spacial score (nSPS) is 28.8. The van der Waals surface area contributed by atoms with Gasteiger partial charge in [0, 0.05) is 6.04 Å². The Morgan fingerprint density at radius 3 is 2.94 bits per heavy atom. The number of aromatic hydroxyl groups is 1.